The molecule has 5 aromatic carbocycles. The Morgan fingerprint density at radius 1 is 0.611 bits per heavy atom. The van der Waals surface area contributed by atoms with E-state index in [1.165, 1.54) is 21.9 Å². The Labute approximate surface area is 212 Å². The van der Waals surface area contributed by atoms with E-state index in [-0.39, 0.29) is 11.8 Å². The van der Waals surface area contributed by atoms with Crippen molar-refractivity contribution in [1.29, 1.82) is 0 Å². The zero-order valence-electron chi connectivity index (χ0n) is 20.2. The molecule has 1 amide bonds. The van der Waals surface area contributed by atoms with Gasteiger partial charge in [0.1, 0.15) is 0 Å². The molecular weight excluding hydrogens is 440 g/mol. The largest absolute Gasteiger partial charge is 0.325 e. The van der Waals surface area contributed by atoms with Crippen LogP contribution in [0.25, 0.3) is 10.8 Å². The first-order valence-electron chi connectivity index (χ1n) is 12.4. The first-order valence-corrected chi connectivity index (χ1v) is 12.4. The van der Waals surface area contributed by atoms with Gasteiger partial charge in [-0.05, 0) is 64.2 Å². The number of amides is 1. The van der Waals surface area contributed by atoms with E-state index in [4.69, 9.17) is 0 Å². The standard InChI is InChI=1S/C33H30N2O/c36-33(32(28-10-3-1-4-11-28)29-12-5-2-6-13-29)35-31-19-16-25(17-20-31)21-22-34-24-26-15-18-27-9-7-8-14-30(27)23-26/h1-20,23,32,34H,21-22,24H2,(H,35,36). The highest BCUT2D eigenvalue weighted by Crippen LogP contribution is 2.26. The van der Waals surface area contributed by atoms with Gasteiger partial charge in [-0.2, -0.15) is 0 Å². The second kappa shape index (κ2) is 11.5. The molecule has 2 N–H and O–H groups in total. The molecule has 0 radical (unpaired) electrons. The van der Waals surface area contributed by atoms with Crippen molar-refractivity contribution < 1.29 is 4.79 Å². The smallest absolute Gasteiger partial charge is 0.236 e. The number of nitrogens with one attached hydrogen (secondary N) is 2. The molecule has 0 fully saturated rings. The van der Waals surface area contributed by atoms with E-state index in [2.05, 4.69) is 65.2 Å². The second-order valence-electron chi connectivity index (χ2n) is 9.05. The molecule has 0 saturated carbocycles. The van der Waals surface area contributed by atoms with Crippen molar-refractivity contribution in [2.45, 2.75) is 18.9 Å². The van der Waals surface area contributed by atoms with Crippen molar-refractivity contribution in [2.75, 3.05) is 11.9 Å². The van der Waals surface area contributed by atoms with Gasteiger partial charge < -0.3 is 10.6 Å². The zero-order chi connectivity index (χ0) is 24.6. The van der Waals surface area contributed by atoms with Gasteiger partial charge in [-0.1, -0.05) is 109 Å². The third kappa shape index (κ3) is 5.88. The molecule has 0 heterocycles. The summed E-state index contributed by atoms with van der Waals surface area (Å²) in [5.41, 5.74) is 5.30. The third-order valence-corrected chi connectivity index (χ3v) is 6.48. The van der Waals surface area contributed by atoms with Gasteiger partial charge in [-0.25, -0.2) is 0 Å². The summed E-state index contributed by atoms with van der Waals surface area (Å²) in [6.07, 6.45) is 0.929. The normalized spacial score (nSPS) is 11.0. The fraction of sp³-hybridized carbons (Fsp3) is 0.121. The molecule has 0 unspecified atom stereocenters. The monoisotopic (exact) mass is 470 g/mol. The third-order valence-electron chi connectivity index (χ3n) is 6.48. The van der Waals surface area contributed by atoms with Gasteiger partial charge >= 0.3 is 0 Å². The molecule has 0 atom stereocenters. The van der Waals surface area contributed by atoms with Crippen LogP contribution in [0.5, 0.6) is 0 Å². The highest BCUT2D eigenvalue weighted by atomic mass is 16.1. The van der Waals surface area contributed by atoms with Crippen molar-refractivity contribution in [3.8, 4) is 0 Å². The summed E-state index contributed by atoms with van der Waals surface area (Å²) < 4.78 is 0. The lowest BCUT2D eigenvalue weighted by atomic mass is 9.90. The lowest BCUT2D eigenvalue weighted by Crippen LogP contribution is -2.22. The summed E-state index contributed by atoms with van der Waals surface area (Å²) in [6, 6.07) is 43.1. The van der Waals surface area contributed by atoms with Crippen LogP contribution in [0.2, 0.25) is 0 Å². The Morgan fingerprint density at radius 3 is 1.86 bits per heavy atom. The molecule has 0 aliphatic heterocycles. The van der Waals surface area contributed by atoms with Gasteiger partial charge in [0.15, 0.2) is 0 Å². The molecular formula is C33H30N2O. The SMILES string of the molecule is O=C(Nc1ccc(CCNCc2ccc3ccccc3c2)cc1)C(c1ccccc1)c1ccccc1. The van der Waals surface area contributed by atoms with Gasteiger partial charge in [0.05, 0.1) is 5.92 Å². The molecule has 0 spiro atoms. The highest BCUT2D eigenvalue weighted by molar-refractivity contribution is 5.98. The number of carbonyl (C=O) groups is 1. The Morgan fingerprint density at radius 2 is 1.19 bits per heavy atom. The number of hydrogen-bond acceptors (Lipinski definition) is 2. The molecule has 0 aliphatic carbocycles. The van der Waals surface area contributed by atoms with Crippen molar-refractivity contribution in [1.82, 2.24) is 5.32 Å². The average molecular weight is 471 g/mol. The van der Waals surface area contributed by atoms with Gasteiger partial charge in [0.25, 0.3) is 0 Å². The van der Waals surface area contributed by atoms with Crippen LogP contribution >= 0.6 is 0 Å². The first kappa shape index (κ1) is 23.5. The maximum absolute atomic E-state index is 13.3. The van der Waals surface area contributed by atoms with Gasteiger partial charge in [-0.15, -0.1) is 0 Å². The number of fused-ring (bicyclic) bond motifs is 1. The average Bonchev–Trinajstić information content (AvgIpc) is 2.93. The van der Waals surface area contributed by atoms with Crippen molar-refractivity contribution in [3.63, 3.8) is 0 Å². The molecule has 178 valence electrons. The van der Waals surface area contributed by atoms with Crippen LogP contribution in [0.3, 0.4) is 0 Å². The van der Waals surface area contributed by atoms with Gasteiger partial charge in [0.2, 0.25) is 5.91 Å². The summed E-state index contributed by atoms with van der Waals surface area (Å²) in [7, 11) is 0. The summed E-state index contributed by atoms with van der Waals surface area (Å²) in [5.74, 6) is -0.386. The number of rotatable bonds is 9. The van der Waals surface area contributed by atoms with Crippen LogP contribution in [0.15, 0.2) is 127 Å². The molecule has 3 nitrogen and oxygen atoms in total. The minimum atomic E-state index is -0.355. The van der Waals surface area contributed by atoms with Crippen LogP contribution < -0.4 is 10.6 Å². The summed E-state index contributed by atoms with van der Waals surface area (Å²) in [5, 5.41) is 9.20. The number of carbonyl (C=O) groups excluding carboxylic acids is 1. The lowest BCUT2D eigenvalue weighted by molar-refractivity contribution is -0.116. The lowest BCUT2D eigenvalue weighted by Gasteiger charge is -2.18. The van der Waals surface area contributed by atoms with Crippen LogP contribution in [0.4, 0.5) is 5.69 Å². The molecule has 0 saturated heterocycles. The van der Waals surface area contributed by atoms with E-state index in [9.17, 15) is 4.79 Å². The van der Waals surface area contributed by atoms with Crippen LogP contribution in [-0.4, -0.2) is 12.5 Å². The van der Waals surface area contributed by atoms with E-state index in [1.54, 1.807) is 0 Å². The fourth-order valence-corrected chi connectivity index (χ4v) is 4.57. The van der Waals surface area contributed by atoms with E-state index in [0.29, 0.717) is 0 Å². The van der Waals surface area contributed by atoms with Crippen LogP contribution in [-0.2, 0) is 17.8 Å². The van der Waals surface area contributed by atoms with Gasteiger partial charge in [0, 0.05) is 12.2 Å². The van der Waals surface area contributed by atoms with Crippen molar-refractivity contribution in [2.24, 2.45) is 0 Å². The Kier molecular flexibility index (Phi) is 7.50. The number of anilines is 1. The minimum Gasteiger partial charge on any atom is -0.325 e. The summed E-state index contributed by atoms with van der Waals surface area (Å²) in [4.78, 5) is 13.3. The van der Waals surface area contributed by atoms with Gasteiger partial charge in [-0.3, -0.25) is 4.79 Å². The molecule has 3 heteroatoms. The topological polar surface area (TPSA) is 41.1 Å². The highest BCUT2D eigenvalue weighted by Gasteiger charge is 2.22. The maximum Gasteiger partial charge on any atom is 0.236 e. The van der Waals surface area contributed by atoms with E-state index < -0.39 is 0 Å². The predicted octanol–water partition coefficient (Wildman–Crippen LogP) is 6.94. The molecule has 36 heavy (non-hydrogen) atoms. The molecule has 5 rings (SSSR count). The molecule has 0 bridgehead atoms. The quantitative estimate of drug-likeness (QED) is 0.229. The summed E-state index contributed by atoms with van der Waals surface area (Å²) >= 11 is 0. The molecule has 0 aromatic heterocycles. The number of hydrogen-bond donors (Lipinski definition) is 2. The zero-order valence-corrected chi connectivity index (χ0v) is 20.2. The Hall–Kier alpha value is -4.21. The Balaban J connectivity index is 1.16. The Bertz CT molecular complexity index is 1370. The van der Waals surface area contributed by atoms with Crippen molar-refractivity contribution in [3.05, 3.63) is 150 Å². The maximum atomic E-state index is 13.3. The predicted molar refractivity (Wildman–Crippen MR) is 149 cm³/mol. The summed E-state index contributed by atoms with van der Waals surface area (Å²) in [6.45, 7) is 1.74. The minimum absolute atomic E-state index is 0.0304. The van der Waals surface area contributed by atoms with E-state index in [1.807, 2.05) is 72.8 Å². The van der Waals surface area contributed by atoms with Crippen LogP contribution in [0, 0.1) is 0 Å². The first-order chi connectivity index (χ1) is 17.8. The fourth-order valence-electron chi connectivity index (χ4n) is 4.57. The van der Waals surface area contributed by atoms with E-state index >= 15 is 0 Å². The number of benzene rings is 5. The van der Waals surface area contributed by atoms with Crippen LogP contribution in [0.1, 0.15) is 28.2 Å². The molecule has 0 aliphatic rings. The second-order valence-corrected chi connectivity index (χ2v) is 9.05. The molecule has 5 aromatic rings. The van der Waals surface area contributed by atoms with Crippen molar-refractivity contribution >= 4 is 22.4 Å². The van der Waals surface area contributed by atoms with E-state index in [0.717, 1.165) is 36.3 Å².